The number of aromatic nitrogens is 3. The standard InChI is InChI=1S/C13H11FN4/c1-7-4-12(15)17-18-13(7)9-6-11-8(2-3-16-11)5-10(9)14/h2-6,16H,1H3,(H2,15,17). The first kappa shape index (κ1) is 10.7. The number of nitrogens with two attached hydrogens (primary N) is 1. The van der Waals surface area contributed by atoms with Crippen molar-refractivity contribution in [1.82, 2.24) is 15.2 Å². The van der Waals surface area contributed by atoms with E-state index in [2.05, 4.69) is 15.2 Å². The highest BCUT2D eigenvalue weighted by Gasteiger charge is 2.12. The molecule has 4 nitrogen and oxygen atoms in total. The van der Waals surface area contributed by atoms with E-state index >= 15 is 0 Å². The molecule has 0 unspecified atom stereocenters. The quantitative estimate of drug-likeness (QED) is 0.689. The molecule has 0 fully saturated rings. The fraction of sp³-hybridized carbons (Fsp3) is 0.0769. The number of hydrogen-bond donors (Lipinski definition) is 2. The topological polar surface area (TPSA) is 67.6 Å². The molecule has 0 amide bonds. The monoisotopic (exact) mass is 242 g/mol. The fourth-order valence-electron chi connectivity index (χ4n) is 2.03. The van der Waals surface area contributed by atoms with Crippen LogP contribution in [0.2, 0.25) is 0 Å². The number of aryl methyl sites for hydroxylation is 1. The third-order valence-electron chi connectivity index (χ3n) is 2.90. The number of anilines is 1. The summed E-state index contributed by atoms with van der Waals surface area (Å²) in [5, 5.41) is 8.58. The number of halogens is 1. The first-order valence-electron chi connectivity index (χ1n) is 5.52. The zero-order valence-corrected chi connectivity index (χ0v) is 9.74. The molecule has 0 saturated carbocycles. The molecule has 0 saturated heterocycles. The smallest absolute Gasteiger partial charge is 0.146 e. The van der Waals surface area contributed by atoms with Gasteiger partial charge in [-0.2, -0.15) is 0 Å². The second kappa shape index (κ2) is 3.80. The van der Waals surface area contributed by atoms with Crippen LogP contribution in [0.25, 0.3) is 22.2 Å². The van der Waals surface area contributed by atoms with Crippen molar-refractivity contribution in [3.63, 3.8) is 0 Å². The van der Waals surface area contributed by atoms with Gasteiger partial charge >= 0.3 is 0 Å². The number of rotatable bonds is 1. The van der Waals surface area contributed by atoms with Crippen molar-refractivity contribution in [2.45, 2.75) is 6.92 Å². The lowest BCUT2D eigenvalue weighted by atomic mass is 10.1. The molecule has 2 aromatic heterocycles. The predicted molar refractivity (Wildman–Crippen MR) is 68.4 cm³/mol. The molecular weight excluding hydrogens is 231 g/mol. The SMILES string of the molecule is Cc1cc(N)nnc1-c1cc2[nH]ccc2cc1F. The number of hydrogen-bond acceptors (Lipinski definition) is 3. The van der Waals surface area contributed by atoms with E-state index in [1.807, 2.05) is 13.0 Å². The predicted octanol–water partition coefficient (Wildman–Crippen LogP) is 2.65. The van der Waals surface area contributed by atoms with Crippen molar-refractivity contribution in [3.05, 3.63) is 41.8 Å². The fourth-order valence-corrected chi connectivity index (χ4v) is 2.03. The van der Waals surface area contributed by atoms with Crippen LogP contribution in [0.3, 0.4) is 0 Å². The summed E-state index contributed by atoms with van der Waals surface area (Å²) in [5.74, 6) is 0.0156. The summed E-state index contributed by atoms with van der Waals surface area (Å²) < 4.78 is 14.1. The van der Waals surface area contributed by atoms with Gasteiger partial charge in [0, 0.05) is 22.7 Å². The summed E-state index contributed by atoms with van der Waals surface area (Å²) >= 11 is 0. The van der Waals surface area contributed by atoms with Crippen LogP contribution in [0.4, 0.5) is 10.2 Å². The molecule has 3 aromatic rings. The van der Waals surface area contributed by atoms with Gasteiger partial charge < -0.3 is 10.7 Å². The van der Waals surface area contributed by atoms with Gasteiger partial charge in [0.25, 0.3) is 0 Å². The van der Waals surface area contributed by atoms with Crippen molar-refractivity contribution < 1.29 is 4.39 Å². The van der Waals surface area contributed by atoms with Gasteiger partial charge in [0.2, 0.25) is 0 Å². The minimum atomic E-state index is -0.315. The van der Waals surface area contributed by atoms with Crippen LogP contribution in [0.5, 0.6) is 0 Å². The molecule has 0 aliphatic rings. The Labute approximate surface area is 103 Å². The number of nitrogens with zero attached hydrogens (tertiary/aromatic N) is 2. The van der Waals surface area contributed by atoms with E-state index in [0.29, 0.717) is 17.1 Å². The molecule has 0 spiro atoms. The summed E-state index contributed by atoms with van der Waals surface area (Å²) in [6.07, 6.45) is 1.77. The molecule has 18 heavy (non-hydrogen) atoms. The Morgan fingerprint density at radius 2 is 2.06 bits per heavy atom. The van der Waals surface area contributed by atoms with Crippen molar-refractivity contribution in [1.29, 1.82) is 0 Å². The van der Waals surface area contributed by atoms with Gasteiger partial charge in [-0.25, -0.2) is 4.39 Å². The first-order chi connectivity index (χ1) is 8.65. The van der Waals surface area contributed by atoms with Crippen molar-refractivity contribution in [3.8, 4) is 11.3 Å². The number of fused-ring (bicyclic) bond motifs is 1. The summed E-state index contributed by atoms with van der Waals surface area (Å²) in [4.78, 5) is 3.05. The molecule has 0 atom stereocenters. The Morgan fingerprint density at radius 1 is 1.22 bits per heavy atom. The minimum absolute atomic E-state index is 0.315. The van der Waals surface area contributed by atoms with Crippen LogP contribution in [0, 0.1) is 12.7 Å². The highest BCUT2D eigenvalue weighted by Crippen LogP contribution is 2.28. The minimum Gasteiger partial charge on any atom is -0.382 e. The Bertz CT molecular complexity index is 733. The first-order valence-corrected chi connectivity index (χ1v) is 5.52. The second-order valence-corrected chi connectivity index (χ2v) is 4.20. The van der Waals surface area contributed by atoms with Crippen molar-refractivity contribution in [2.75, 3.05) is 5.73 Å². The molecule has 3 N–H and O–H groups in total. The maximum Gasteiger partial charge on any atom is 0.146 e. The van der Waals surface area contributed by atoms with Crippen LogP contribution in [-0.4, -0.2) is 15.2 Å². The maximum absolute atomic E-state index is 14.1. The Balaban J connectivity index is 2.26. The summed E-state index contributed by atoms with van der Waals surface area (Å²) in [6.45, 7) is 1.83. The Morgan fingerprint density at radius 3 is 2.83 bits per heavy atom. The molecule has 1 aromatic carbocycles. The summed E-state index contributed by atoms with van der Waals surface area (Å²) in [6, 6.07) is 6.72. The van der Waals surface area contributed by atoms with E-state index in [1.165, 1.54) is 6.07 Å². The second-order valence-electron chi connectivity index (χ2n) is 4.20. The van der Waals surface area contributed by atoms with Crippen LogP contribution in [-0.2, 0) is 0 Å². The number of nitrogens with one attached hydrogen (secondary N) is 1. The molecule has 90 valence electrons. The number of benzene rings is 1. The van der Waals surface area contributed by atoms with Gasteiger partial charge in [-0.3, -0.25) is 0 Å². The zero-order valence-electron chi connectivity index (χ0n) is 9.74. The highest BCUT2D eigenvalue weighted by molar-refractivity contribution is 5.85. The molecule has 2 heterocycles. The largest absolute Gasteiger partial charge is 0.382 e. The Kier molecular flexibility index (Phi) is 2.26. The lowest BCUT2D eigenvalue weighted by Gasteiger charge is -2.06. The summed E-state index contributed by atoms with van der Waals surface area (Å²) in [7, 11) is 0. The molecule has 5 heteroatoms. The van der Waals surface area contributed by atoms with Gasteiger partial charge in [0.1, 0.15) is 11.6 Å². The van der Waals surface area contributed by atoms with E-state index in [9.17, 15) is 4.39 Å². The normalized spacial score (nSPS) is 11.0. The van der Waals surface area contributed by atoms with E-state index in [-0.39, 0.29) is 5.82 Å². The van der Waals surface area contributed by atoms with E-state index < -0.39 is 0 Å². The van der Waals surface area contributed by atoms with Crippen LogP contribution < -0.4 is 5.73 Å². The third kappa shape index (κ3) is 1.60. The van der Waals surface area contributed by atoms with Crippen LogP contribution in [0.1, 0.15) is 5.56 Å². The molecule has 0 bridgehead atoms. The van der Waals surface area contributed by atoms with Gasteiger partial charge in [0.15, 0.2) is 0 Å². The van der Waals surface area contributed by atoms with Crippen LogP contribution in [0.15, 0.2) is 30.5 Å². The van der Waals surface area contributed by atoms with E-state index in [4.69, 9.17) is 5.73 Å². The van der Waals surface area contributed by atoms with E-state index in [0.717, 1.165) is 16.5 Å². The highest BCUT2D eigenvalue weighted by atomic mass is 19.1. The van der Waals surface area contributed by atoms with Crippen LogP contribution >= 0.6 is 0 Å². The van der Waals surface area contributed by atoms with Gasteiger partial charge in [-0.05, 0) is 36.8 Å². The maximum atomic E-state index is 14.1. The van der Waals surface area contributed by atoms with Gasteiger partial charge in [-0.1, -0.05) is 0 Å². The van der Waals surface area contributed by atoms with Gasteiger partial charge in [0.05, 0.1) is 5.69 Å². The van der Waals surface area contributed by atoms with Crippen molar-refractivity contribution >= 4 is 16.7 Å². The third-order valence-corrected chi connectivity index (χ3v) is 2.90. The van der Waals surface area contributed by atoms with E-state index in [1.54, 1.807) is 18.3 Å². The number of nitrogen functional groups attached to an aromatic ring is 1. The molecule has 0 aliphatic carbocycles. The zero-order chi connectivity index (χ0) is 12.7. The number of aromatic amines is 1. The molecular formula is C13H11FN4. The summed E-state index contributed by atoms with van der Waals surface area (Å²) in [5.41, 5.74) is 8.15. The molecule has 0 aliphatic heterocycles. The van der Waals surface area contributed by atoms with Gasteiger partial charge in [-0.15, -0.1) is 10.2 Å². The van der Waals surface area contributed by atoms with Crippen molar-refractivity contribution in [2.24, 2.45) is 0 Å². The lowest BCUT2D eigenvalue weighted by molar-refractivity contribution is 0.632. The lowest BCUT2D eigenvalue weighted by Crippen LogP contribution is -1.98. The Hall–Kier alpha value is -2.43. The molecule has 3 rings (SSSR count). The average molecular weight is 242 g/mol. The average Bonchev–Trinajstić information content (AvgIpc) is 2.75. The number of H-pyrrole nitrogens is 1. The molecule has 0 radical (unpaired) electrons.